The monoisotopic (exact) mass is 306 g/mol. The van der Waals surface area contributed by atoms with Gasteiger partial charge in [0.2, 0.25) is 0 Å². The zero-order valence-corrected chi connectivity index (χ0v) is 15.1. The first-order valence-electron chi connectivity index (χ1n) is 8.19. The minimum Gasteiger partial charge on any atom is -0.493 e. The Balaban J connectivity index is 2.64. The van der Waals surface area contributed by atoms with Crippen molar-refractivity contribution in [1.82, 2.24) is 0 Å². The van der Waals surface area contributed by atoms with E-state index in [-0.39, 0.29) is 17.1 Å². The Morgan fingerprint density at radius 3 is 1.77 bits per heavy atom. The summed E-state index contributed by atoms with van der Waals surface area (Å²) in [6, 6.07) is 4.38. The first-order valence-corrected chi connectivity index (χ1v) is 8.19. The van der Waals surface area contributed by atoms with E-state index < -0.39 is 0 Å². The summed E-state index contributed by atoms with van der Waals surface area (Å²) in [6.45, 7) is 17.3. The summed E-state index contributed by atoms with van der Waals surface area (Å²) in [7, 11) is 0. The predicted octanol–water partition coefficient (Wildman–Crippen LogP) is 4.73. The summed E-state index contributed by atoms with van der Waals surface area (Å²) in [4.78, 5) is 0. The highest BCUT2D eigenvalue weighted by molar-refractivity contribution is 5.51. The molecule has 1 aliphatic rings. The summed E-state index contributed by atoms with van der Waals surface area (Å²) in [5, 5.41) is 0. The number of hydrogen-bond acceptors (Lipinski definition) is 3. The predicted molar refractivity (Wildman–Crippen MR) is 89.7 cm³/mol. The van der Waals surface area contributed by atoms with E-state index in [1.165, 1.54) is 11.1 Å². The number of benzene rings is 1. The van der Waals surface area contributed by atoms with Crippen molar-refractivity contribution in [2.45, 2.75) is 65.6 Å². The van der Waals surface area contributed by atoms with Crippen LogP contribution in [0.3, 0.4) is 0 Å². The summed E-state index contributed by atoms with van der Waals surface area (Å²) in [5.41, 5.74) is 3.53. The highest BCUT2D eigenvalue weighted by atomic mass is 16.7. The molecule has 1 heterocycles. The van der Waals surface area contributed by atoms with Crippen LogP contribution in [0.15, 0.2) is 12.1 Å². The second-order valence-electron chi connectivity index (χ2n) is 7.95. The third-order valence-corrected chi connectivity index (χ3v) is 3.91. The van der Waals surface area contributed by atoms with E-state index in [1.807, 2.05) is 6.92 Å². The quantitative estimate of drug-likeness (QED) is 0.808. The fraction of sp³-hybridized carbons (Fsp3) is 0.684. The lowest BCUT2D eigenvalue weighted by Gasteiger charge is -2.31. The van der Waals surface area contributed by atoms with Crippen LogP contribution in [0.5, 0.6) is 5.75 Å². The minimum absolute atomic E-state index is 0.000875. The average Bonchev–Trinajstić information content (AvgIpc) is 2.90. The van der Waals surface area contributed by atoms with Crippen molar-refractivity contribution in [3.63, 3.8) is 0 Å². The average molecular weight is 306 g/mol. The highest BCUT2D eigenvalue weighted by Gasteiger charge is 2.30. The minimum atomic E-state index is -0.252. The molecule has 0 N–H and O–H groups in total. The molecule has 0 saturated carbocycles. The van der Waals surface area contributed by atoms with Crippen LogP contribution in [0.4, 0.5) is 0 Å². The van der Waals surface area contributed by atoms with Crippen LogP contribution in [0.25, 0.3) is 0 Å². The van der Waals surface area contributed by atoms with Gasteiger partial charge in [0.25, 0.3) is 0 Å². The molecule has 0 radical (unpaired) electrons. The first kappa shape index (κ1) is 17.3. The molecule has 2 rings (SSSR count). The van der Waals surface area contributed by atoms with Gasteiger partial charge in [-0.3, -0.25) is 0 Å². The van der Waals surface area contributed by atoms with E-state index in [2.05, 4.69) is 53.7 Å². The maximum absolute atomic E-state index is 6.06. The van der Waals surface area contributed by atoms with Crippen molar-refractivity contribution in [3.05, 3.63) is 28.8 Å². The molecule has 124 valence electrons. The third-order valence-electron chi connectivity index (χ3n) is 3.91. The van der Waals surface area contributed by atoms with Crippen LogP contribution in [0, 0.1) is 0 Å². The van der Waals surface area contributed by atoms with Gasteiger partial charge in [-0.1, -0.05) is 41.5 Å². The second kappa shape index (κ2) is 6.21. The van der Waals surface area contributed by atoms with E-state index >= 15 is 0 Å². The van der Waals surface area contributed by atoms with Gasteiger partial charge in [-0.2, -0.15) is 0 Å². The Bertz CT molecular complexity index is 479. The van der Waals surface area contributed by atoms with Crippen molar-refractivity contribution in [3.8, 4) is 5.75 Å². The fourth-order valence-electron chi connectivity index (χ4n) is 2.75. The third kappa shape index (κ3) is 3.64. The molecular weight excluding hydrogens is 276 g/mol. The Hall–Kier alpha value is -1.06. The van der Waals surface area contributed by atoms with Crippen molar-refractivity contribution < 1.29 is 14.2 Å². The second-order valence-corrected chi connectivity index (χ2v) is 7.95. The lowest BCUT2D eigenvalue weighted by Crippen LogP contribution is -2.21. The van der Waals surface area contributed by atoms with Crippen molar-refractivity contribution >= 4 is 0 Å². The molecule has 1 aromatic rings. The summed E-state index contributed by atoms with van der Waals surface area (Å²) in [5.74, 6) is 1.02. The lowest BCUT2D eigenvalue weighted by molar-refractivity contribution is -0.0443. The van der Waals surface area contributed by atoms with Crippen molar-refractivity contribution in [2.75, 3.05) is 19.8 Å². The van der Waals surface area contributed by atoms with Crippen molar-refractivity contribution in [1.29, 1.82) is 0 Å². The van der Waals surface area contributed by atoms with Crippen molar-refractivity contribution in [2.24, 2.45) is 0 Å². The summed E-state index contributed by atoms with van der Waals surface area (Å²) in [6.07, 6.45) is -0.252. The van der Waals surface area contributed by atoms with Gasteiger partial charge >= 0.3 is 0 Å². The zero-order chi connectivity index (χ0) is 16.5. The Morgan fingerprint density at radius 1 is 0.955 bits per heavy atom. The molecule has 0 bridgehead atoms. The Kier molecular flexibility index (Phi) is 4.88. The van der Waals surface area contributed by atoms with Gasteiger partial charge < -0.3 is 14.2 Å². The standard InChI is InChI=1S/C19H30O3/c1-8-20-16-14(18(2,3)4)11-13(17-21-9-10-22-17)12-15(16)19(5,6)7/h11-12,17H,8-10H2,1-7H3. The van der Waals surface area contributed by atoms with Crippen LogP contribution < -0.4 is 4.74 Å². The molecular formula is C19H30O3. The molecule has 3 heteroatoms. The molecule has 3 nitrogen and oxygen atoms in total. The largest absolute Gasteiger partial charge is 0.493 e. The van der Waals surface area contributed by atoms with Gasteiger partial charge in [0.05, 0.1) is 19.8 Å². The number of rotatable bonds is 3. The summed E-state index contributed by atoms with van der Waals surface area (Å²) < 4.78 is 17.5. The number of hydrogen-bond donors (Lipinski definition) is 0. The Morgan fingerprint density at radius 2 is 1.41 bits per heavy atom. The lowest BCUT2D eigenvalue weighted by atomic mass is 9.78. The molecule has 0 aromatic heterocycles. The van der Waals surface area contributed by atoms with E-state index in [0.29, 0.717) is 19.8 Å². The van der Waals surface area contributed by atoms with Gasteiger partial charge in [-0.05, 0) is 29.9 Å². The molecule has 0 aliphatic carbocycles. The van der Waals surface area contributed by atoms with Gasteiger partial charge in [-0.15, -0.1) is 0 Å². The molecule has 1 saturated heterocycles. The SMILES string of the molecule is CCOc1c(C(C)(C)C)cc(C2OCCO2)cc1C(C)(C)C. The van der Waals surface area contributed by atoms with E-state index in [4.69, 9.17) is 14.2 Å². The smallest absolute Gasteiger partial charge is 0.184 e. The molecule has 22 heavy (non-hydrogen) atoms. The zero-order valence-electron chi connectivity index (χ0n) is 15.1. The van der Waals surface area contributed by atoms with E-state index in [1.54, 1.807) is 0 Å². The summed E-state index contributed by atoms with van der Waals surface area (Å²) >= 11 is 0. The molecule has 0 atom stereocenters. The van der Waals surface area contributed by atoms with Crippen LogP contribution in [0.1, 0.15) is 71.4 Å². The van der Waals surface area contributed by atoms with Crippen LogP contribution in [-0.2, 0) is 20.3 Å². The highest BCUT2D eigenvalue weighted by Crippen LogP contribution is 2.42. The van der Waals surface area contributed by atoms with E-state index in [0.717, 1.165) is 11.3 Å². The van der Waals surface area contributed by atoms with Crippen LogP contribution >= 0.6 is 0 Å². The van der Waals surface area contributed by atoms with Crippen LogP contribution in [-0.4, -0.2) is 19.8 Å². The topological polar surface area (TPSA) is 27.7 Å². The van der Waals surface area contributed by atoms with Gasteiger partial charge in [0.15, 0.2) is 6.29 Å². The Labute approximate surface area is 135 Å². The van der Waals surface area contributed by atoms with Gasteiger partial charge in [0, 0.05) is 16.7 Å². The molecule has 0 spiro atoms. The van der Waals surface area contributed by atoms with E-state index in [9.17, 15) is 0 Å². The number of ether oxygens (including phenoxy) is 3. The molecule has 1 aromatic carbocycles. The van der Waals surface area contributed by atoms with Gasteiger partial charge in [-0.25, -0.2) is 0 Å². The molecule has 1 fully saturated rings. The molecule has 0 unspecified atom stereocenters. The van der Waals surface area contributed by atoms with Crippen LogP contribution in [0.2, 0.25) is 0 Å². The molecule has 1 aliphatic heterocycles. The first-order chi connectivity index (χ1) is 10.1. The normalized spacial score (nSPS) is 17.0. The van der Waals surface area contributed by atoms with Gasteiger partial charge in [0.1, 0.15) is 5.75 Å². The maximum atomic E-state index is 6.06. The molecule has 0 amide bonds. The maximum Gasteiger partial charge on any atom is 0.184 e. The fourth-order valence-corrected chi connectivity index (χ4v) is 2.75.